The third-order valence-corrected chi connectivity index (χ3v) is 4.07. The van der Waals surface area contributed by atoms with Gasteiger partial charge < -0.3 is 19.6 Å². The third-order valence-electron chi connectivity index (χ3n) is 4.07. The van der Waals surface area contributed by atoms with Crippen molar-refractivity contribution in [3.05, 3.63) is 58.4 Å². The van der Waals surface area contributed by atoms with Gasteiger partial charge in [-0.3, -0.25) is 4.79 Å². The highest BCUT2D eigenvalue weighted by atomic mass is 16.6. The van der Waals surface area contributed by atoms with Crippen molar-refractivity contribution in [2.45, 2.75) is 33.0 Å². The smallest absolute Gasteiger partial charge is 0.340 e. The third kappa shape index (κ3) is 3.83. The van der Waals surface area contributed by atoms with Crippen LogP contribution in [0.15, 0.2) is 30.3 Å². The number of nitrogens with one attached hydrogen (secondary N) is 1. The first-order chi connectivity index (χ1) is 12.3. The van der Waals surface area contributed by atoms with Gasteiger partial charge in [-0.25, -0.2) is 9.59 Å². The standard InChI is InChI=1S/C19H21NO6/c1-10-14(18(23)25-4)11(2)20-15(10)16(21)12(3)26-19(24)17(22)13-8-6-5-7-9-13/h5-9,12,17,20,22H,1-4H3/t12-,17-/m0/s1. The molecule has 0 fully saturated rings. The van der Waals surface area contributed by atoms with Crippen LogP contribution in [0.3, 0.4) is 0 Å². The molecule has 2 aromatic rings. The van der Waals surface area contributed by atoms with E-state index >= 15 is 0 Å². The van der Waals surface area contributed by atoms with Crippen LogP contribution in [0, 0.1) is 13.8 Å². The summed E-state index contributed by atoms with van der Waals surface area (Å²) in [6.45, 7) is 4.66. The van der Waals surface area contributed by atoms with E-state index in [2.05, 4.69) is 4.98 Å². The van der Waals surface area contributed by atoms with Gasteiger partial charge in [0, 0.05) is 5.69 Å². The molecule has 7 nitrogen and oxygen atoms in total. The Kier molecular flexibility index (Phi) is 5.94. The lowest BCUT2D eigenvalue weighted by Gasteiger charge is -2.15. The highest BCUT2D eigenvalue weighted by Gasteiger charge is 2.29. The maximum absolute atomic E-state index is 12.6. The summed E-state index contributed by atoms with van der Waals surface area (Å²) in [5.41, 5.74) is 1.72. The van der Waals surface area contributed by atoms with Gasteiger partial charge in [0.05, 0.1) is 18.4 Å². The normalized spacial score (nSPS) is 13.0. The summed E-state index contributed by atoms with van der Waals surface area (Å²) >= 11 is 0. The molecular weight excluding hydrogens is 338 g/mol. The quantitative estimate of drug-likeness (QED) is 0.605. The van der Waals surface area contributed by atoms with Crippen molar-refractivity contribution in [3.63, 3.8) is 0 Å². The summed E-state index contributed by atoms with van der Waals surface area (Å²) in [6, 6.07) is 8.28. The van der Waals surface area contributed by atoms with Crippen molar-refractivity contribution in [2.75, 3.05) is 7.11 Å². The van der Waals surface area contributed by atoms with Crippen LogP contribution in [0.1, 0.15) is 50.7 Å². The monoisotopic (exact) mass is 359 g/mol. The van der Waals surface area contributed by atoms with Crippen molar-refractivity contribution >= 4 is 17.7 Å². The number of ketones is 1. The summed E-state index contributed by atoms with van der Waals surface area (Å²) in [5, 5.41) is 10.0. The fourth-order valence-corrected chi connectivity index (χ4v) is 2.67. The molecule has 0 saturated carbocycles. The van der Waals surface area contributed by atoms with Crippen LogP contribution < -0.4 is 0 Å². The molecule has 0 saturated heterocycles. The summed E-state index contributed by atoms with van der Waals surface area (Å²) < 4.78 is 9.81. The zero-order chi connectivity index (χ0) is 19.4. The number of aromatic amines is 1. The maximum Gasteiger partial charge on any atom is 0.340 e. The molecule has 138 valence electrons. The van der Waals surface area contributed by atoms with E-state index < -0.39 is 29.9 Å². The number of hydrogen-bond acceptors (Lipinski definition) is 6. The van der Waals surface area contributed by atoms with Gasteiger partial charge in [-0.2, -0.15) is 0 Å². The zero-order valence-electron chi connectivity index (χ0n) is 15.0. The number of rotatable bonds is 6. The molecular formula is C19H21NO6. The molecule has 1 heterocycles. The summed E-state index contributed by atoms with van der Waals surface area (Å²) in [6.07, 6.45) is -2.62. The second-order valence-corrected chi connectivity index (χ2v) is 5.87. The minimum atomic E-state index is -1.48. The molecule has 1 aromatic heterocycles. The largest absolute Gasteiger partial charge is 0.465 e. The van der Waals surface area contributed by atoms with E-state index in [1.54, 1.807) is 44.2 Å². The highest BCUT2D eigenvalue weighted by Crippen LogP contribution is 2.22. The topological polar surface area (TPSA) is 106 Å². The lowest BCUT2D eigenvalue weighted by Crippen LogP contribution is -2.28. The van der Waals surface area contributed by atoms with Crippen LogP contribution >= 0.6 is 0 Å². The highest BCUT2D eigenvalue weighted by molar-refractivity contribution is 6.04. The van der Waals surface area contributed by atoms with Gasteiger partial charge in [0.15, 0.2) is 12.2 Å². The molecule has 2 rings (SSSR count). The Morgan fingerprint density at radius 3 is 2.31 bits per heavy atom. The van der Waals surface area contributed by atoms with Crippen molar-refractivity contribution in [3.8, 4) is 0 Å². The predicted molar refractivity (Wildman–Crippen MR) is 92.9 cm³/mol. The molecule has 2 atom stereocenters. The van der Waals surface area contributed by atoms with Crippen molar-refractivity contribution in [1.29, 1.82) is 0 Å². The Labute approximate surface area is 150 Å². The van der Waals surface area contributed by atoms with Gasteiger partial charge in [0.1, 0.15) is 0 Å². The number of carbonyl (C=O) groups excluding carboxylic acids is 3. The molecule has 0 spiro atoms. The number of Topliss-reactive ketones (excluding diaryl/α,β-unsaturated/α-hetero) is 1. The first-order valence-electron chi connectivity index (χ1n) is 8.03. The number of aliphatic hydroxyl groups is 1. The van der Waals surface area contributed by atoms with Gasteiger partial charge in [-0.05, 0) is 31.9 Å². The predicted octanol–water partition coefficient (Wildman–Crippen LogP) is 2.27. The number of aryl methyl sites for hydroxylation is 1. The van der Waals surface area contributed by atoms with E-state index in [9.17, 15) is 19.5 Å². The first kappa shape index (κ1) is 19.4. The van der Waals surface area contributed by atoms with E-state index in [0.29, 0.717) is 16.8 Å². The average molecular weight is 359 g/mol. The van der Waals surface area contributed by atoms with Crippen molar-refractivity contribution < 1.29 is 29.0 Å². The minimum Gasteiger partial charge on any atom is -0.465 e. The molecule has 0 bridgehead atoms. The van der Waals surface area contributed by atoms with Crippen LogP contribution in [-0.4, -0.2) is 41.0 Å². The molecule has 1 aromatic carbocycles. The van der Waals surface area contributed by atoms with Gasteiger partial charge in [0.2, 0.25) is 5.78 Å². The van der Waals surface area contributed by atoms with Crippen molar-refractivity contribution in [1.82, 2.24) is 4.98 Å². The fourth-order valence-electron chi connectivity index (χ4n) is 2.67. The first-order valence-corrected chi connectivity index (χ1v) is 8.03. The van der Waals surface area contributed by atoms with Gasteiger partial charge in [0.25, 0.3) is 0 Å². The van der Waals surface area contributed by atoms with Gasteiger partial charge >= 0.3 is 11.9 Å². The van der Waals surface area contributed by atoms with E-state index in [4.69, 9.17) is 9.47 Å². The Morgan fingerprint density at radius 1 is 1.12 bits per heavy atom. The number of H-pyrrole nitrogens is 1. The Bertz CT molecular complexity index is 824. The van der Waals surface area contributed by atoms with Crippen LogP contribution in [0.2, 0.25) is 0 Å². The molecule has 0 radical (unpaired) electrons. The number of aromatic nitrogens is 1. The maximum atomic E-state index is 12.6. The van der Waals surface area contributed by atoms with E-state index in [-0.39, 0.29) is 11.3 Å². The molecule has 2 N–H and O–H groups in total. The second kappa shape index (κ2) is 7.97. The number of methoxy groups -OCH3 is 1. The number of benzene rings is 1. The SMILES string of the molecule is COC(=O)c1c(C)[nH]c(C(=O)[C@H](C)OC(=O)[C@@H](O)c2ccccc2)c1C. The van der Waals surface area contributed by atoms with Crippen LogP contribution in [0.5, 0.6) is 0 Å². The second-order valence-electron chi connectivity index (χ2n) is 5.87. The lowest BCUT2D eigenvalue weighted by atomic mass is 10.1. The number of carbonyl (C=O) groups is 3. The molecule has 26 heavy (non-hydrogen) atoms. The lowest BCUT2D eigenvalue weighted by molar-refractivity contribution is -0.156. The summed E-state index contributed by atoms with van der Waals surface area (Å²) in [4.78, 5) is 39.3. The summed E-state index contributed by atoms with van der Waals surface area (Å²) in [5.74, 6) is -1.99. The minimum absolute atomic E-state index is 0.164. The van der Waals surface area contributed by atoms with Crippen LogP contribution in [-0.2, 0) is 14.3 Å². The Morgan fingerprint density at radius 2 is 1.73 bits per heavy atom. The number of hydrogen-bond donors (Lipinski definition) is 2. The Hall–Kier alpha value is -2.93. The van der Waals surface area contributed by atoms with Crippen molar-refractivity contribution in [2.24, 2.45) is 0 Å². The van der Waals surface area contributed by atoms with E-state index in [0.717, 1.165) is 0 Å². The molecule has 0 unspecified atom stereocenters. The average Bonchev–Trinajstić information content (AvgIpc) is 2.94. The van der Waals surface area contributed by atoms with E-state index in [1.165, 1.54) is 14.0 Å². The molecule has 0 aliphatic heterocycles. The van der Waals surface area contributed by atoms with Gasteiger partial charge in [-0.15, -0.1) is 0 Å². The Balaban J connectivity index is 2.15. The summed E-state index contributed by atoms with van der Waals surface area (Å²) in [7, 11) is 1.26. The number of ether oxygens (including phenoxy) is 2. The van der Waals surface area contributed by atoms with Gasteiger partial charge in [-0.1, -0.05) is 30.3 Å². The van der Waals surface area contributed by atoms with E-state index in [1.807, 2.05) is 0 Å². The van der Waals surface area contributed by atoms with Crippen LogP contribution in [0.4, 0.5) is 0 Å². The number of aliphatic hydroxyl groups excluding tert-OH is 1. The molecule has 0 aliphatic carbocycles. The fraction of sp³-hybridized carbons (Fsp3) is 0.316. The molecule has 7 heteroatoms. The zero-order valence-corrected chi connectivity index (χ0v) is 15.0. The number of esters is 2. The molecule has 0 amide bonds. The molecule has 0 aliphatic rings. The van der Waals surface area contributed by atoms with Crippen LogP contribution in [0.25, 0.3) is 0 Å².